The van der Waals surface area contributed by atoms with Gasteiger partial charge in [-0.15, -0.1) is 4.98 Å². The second kappa shape index (κ2) is 5.26. The minimum atomic E-state index is 0. The van der Waals surface area contributed by atoms with Crippen LogP contribution in [-0.2, 0) is 7.05 Å². The number of imidazole rings is 1. The molecule has 108 valence electrons. The zero-order valence-electron chi connectivity index (χ0n) is 11.5. The van der Waals surface area contributed by atoms with Crippen molar-refractivity contribution in [2.45, 2.75) is 0 Å². The number of rotatable bonds is 1. The topological polar surface area (TPSA) is 40.2 Å². The van der Waals surface area contributed by atoms with Crippen molar-refractivity contribution < 1.29 is 26.4 Å². The van der Waals surface area contributed by atoms with Gasteiger partial charge in [0, 0.05) is 6.07 Å². The highest BCUT2D eigenvalue weighted by Crippen LogP contribution is 2.32. The van der Waals surface area contributed by atoms with Gasteiger partial charge in [0.25, 0.3) is 0 Å². The molecule has 3 heterocycles. The van der Waals surface area contributed by atoms with Crippen LogP contribution in [0.3, 0.4) is 0 Å². The van der Waals surface area contributed by atoms with Gasteiger partial charge in [-0.05, 0) is 24.3 Å². The molecule has 0 unspecified atom stereocenters. The molecule has 0 N–H and O–H groups in total. The molecule has 0 fully saturated rings. The normalized spacial score (nSPS) is 13.0. The molecule has 0 atom stereocenters. The van der Waals surface area contributed by atoms with Gasteiger partial charge in [-0.25, -0.2) is 9.13 Å². The molecule has 1 aromatic carbocycles. The van der Waals surface area contributed by atoms with E-state index < -0.39 is 0 Å². The van der Waals surface area contributed by atoms with Crippen molar-refractivity contribution in [3.05, 3.63) is 42.9 Å². The van der Waals surface area contributed by atoms with Gasteiger partial charge in [0.2, 0.25) is 0 Å². The fraction of sp³-hybridized carbons (Fsp3) is 0.200. The monoisotopic (exact) mass is 303 g/mol. The van der Waals surface area contributed by atoms with Gasteiger partial charge in [0.05, 0.1) is 7.05 Å². The van der Waals surface area contributed by atoms with E-state index in [0.717, 1.165) is 28.4 Å². The standard InChI is InChI=1S/C15H14N3O2.ClH/c1-17-10-18(12-3-2-6-16-15(12)17)11-4-5-13-14(9-11)20-8-7-19-13;/h2-6,9-10H,7-8H2,1H3;1H/q+1;/p-1. The van der Waals surface area contributed by atoms with Crippen LogP contribution in [0, 0.1) is 0 Å². The van der Waals surface area contributed by atoms with Gasteiger partial charge in [-0.3, -0.25) is 0 Å². The van der Waals surface area contributed by atoms with Crippen LogP contribution in [0.5, 0.6) is 11.5 Å². The number of aryl methyl sites for hydroxylation is 1. The van der Waals surface area contributed by atoms with Crippen molar-refractivity contribution in [3.63, 3.8) is 0 Å². The Hall–Kier alpha value is -2.27. The van der Waals surface area contributed by atoms with Gasteiger partial charge in [0.1, 0.15) is 25.1 Å². The molecular weight excluding hydrogens is 290 g/mol. The second-order valence-electron chi connectivity index (χ2n) is 4.77. The van der Waals surface area contributed by atoms with E-state index in [4.69, 9.17) is 9.47 Å². The van der Waals surface area contributed by atoms with Crippen molar-refractivity contribution in [3.8, 4) is 17.2 Å². The average Bonchev–Trinajstić information content (AvgIpc) is 2.85. The third-order valence-corrected chi connectivity index (χ3v) is 3.45. The molecule has 0 amide bonds. The van der Waals surface area contributed by atoms with Gasteiger partial charge in [0.15, 0.2) is 23.3 Å². The Morgan fingerprint density at radius 2 is 1.95 bits per heavy atom. The first-order valence-electron chi connectivity index (χ1n) is 6.55. The first-order chi connectivity index (χ1) is 9.83. The number of pyridine rings is 1. The molecule has 3 aromatic rings. The predicted molar refractivity (Wildman–Crippen MR) is 73.2 cm³/mol. The van der Waals surface area contributed by atoms with E-state index in [1.807, 2.05) is 42.2 Å². The Bertz CT molecular complexity index is 801. The summed E-state index contributed by atoms with van der Waals surface area (Å²) in [5.74, 6) is 1.60. The smallest absolute Gasteiger partial charge is 0.301 e. The molecule has 0 spiro atoms. The van der Waals surface area contributed by atoms with Gasteiger partial charge < -0.3 is 21.9 Å². The lowest BCUT2D eigenvalue weighted by atomic mass is 10.2. The Kier molecular flexibility index (Phi) is 3.43. The number of halogens is 1. The molecule has 0 bridgehead atoms. The fourth-order valence-electron chi connectivity index (χ4n) is 2.53. The molecule has 2 aromatic heterocycles. The van der Waals surface area contributed by atoms with Crippen LogP contribution >= 0.6 is 0 Å². The zero-order valence-corrected chi connectivity index (χ0v) is 12.2. The van der Waals surface area contributed by atoms with E-state index in [-0.39, 0.29) is 12.4 Å². The van der Waals surface area contributed by atoms with E-state index in [1.165, 1.54) is 0 Å². The van der Waals surface area contributed by atoms with Crippen LogP contribution in [0.15, 0.2) is 42.9 Å². The Balaban J connectivity index is 0.00000132. The van der Waals surface area contributed by atoms with Crippen molar-refractivity contribution in [1.82, 2.24) is 9.55 Å². The van der Waals surface area contributed by atoms with Crippen LogP contribution in [0.25, 0.3) is 16.9 Å². The third kappa shape index (κ3) is 2.19. The minimum absolute atomic E-state index is 0. The van der Waals surface area contributed by atoms with E-state index in [2.05, 4.69) is 15.6 Å². The molecule has 0 aliphatic carbocycles. The summed E-state index contributed by atoms with van der Waals surface area (Å²) in [5, 5.41) is 0. The summed E-state index contributed by atoms with van der Waals surface area (Å²) < 4.78 is 15.3. The number of hydrogen-bond acceptors (Lipinski definition) is 3. The molecule has 0 saturated heterocycles. The number of benzene rings is 1. The summed E-state index contributed by atoms with van der Waals surface area (Å²) >= 11 is 0. The highest BCUT2D eigenvalue weighted by Gasteiger charge is 2.18. The maximum Gasteiger partial charge on any atom is 0.301 e. The lowest BCUT2D eigenvalue weighted by molar-refractivity contribution is -0.647. The van der Waals surface area contributed by atoms with Crippen molar-refractivity contribution in [2.75, 3.05) is 13.2 Å². The van der Waals surface area contributed by atoms with Crippen molar-refractivity contribution in [1.29, 1.82) is 0 Å². The largest absolute Gasteiger partial charge is 1.00 e. The number of ether oxygens (including phenoxy) is 2. The van der Waals surface area contributed by atoms with Crippen LogP contribution in [-0.4, -0.2) is 22.8 Å². The number of fused-ring (bicyclic) bond motifs is 2. The molecule has 0 saturated carbocycles. The molecule has 5 nitrogen and oxygen atoms in total. The Morgan fingerprint density at radius 1 is 1.14 bits per heavy atom. The zero-order chi connectivity index (χ0) is 13.5. The highest BCUT2D eigenvalue weighted by molar-refractivity contribution is 5.70. The van der Waals surface area contributed by atoms with E-state index in [9.17, 15) is 0 Å². The maximum atomic E-state index is 5.64. The number of aromatic nitrogens is 3. The molecular formula is C15H14ClN3O2. The molecule has 6 heteroatoms. The molecule has 0 radical (unpaired) electrons. The lowest BCUT2D eigenvalue weighted by Gasteiger charge is -2.18. The quantitative estimate of drug-likeness (QED) is 0.521. The summed E-state index contributed by atoms with van der Waals surface area (Å²) in [6.45, 7) is 1.20. The summed E-state index contributed by atoms with van der Waals surface area (Å²) in [7, 11) is 1.99. The minimum Gasteiger partial charge on any atom is -1.00 e. The summed E-state index contributed by atoms with van der Waals surface area (Å²) in [6, 6.07) is 9.98. The van der Waals surface area contributed by atoms with Crippen molar-refractivity contribution in [2.24, 2.45) is 7.05 Å². The predicted octanol–water partition coefficient (Wildman–Crippen LogP) is -1.37. The second-order valence-corrected chi connectivity index (χ2v) is 4.77. The average molecular weight is 304 g/mol. The fourth-order valence-corrected chi connectivity index (χ4v) is 2.53. The van der Waals surface area contributed by atoms with Crippen LogP contribution in [0.2, 0.25) is 0 Å². The molecule has 1 aliphatic rings. The summed E-state index contributed by atoms with van der Waals surface area (Å²) in [4.78, 5) is 4.40. The van der Waals surface area contributed by atoms with E-state index in [1.54, 1.807) is 6.20 Å². The molecule has 21 heavy (non-hydrogen) atoms. The Labute approximate surface area is 128 Å². The van der Waals surface area contributed by atoms with Crippen LogP contribution in [0.1, 0.15) is 0 Å². The van der Waals surface area contributed by atoms with Crippen LogP contribution in [0.4, 0.5) is 0 Å². The SMILES string of the molecule is C[n+]1cn(-c2ccc3c(c2)OCCO3)c2cccnc21.[Cl-]. The summed E-state index contributed by atoms with van der Waals surface area (Å²) in [5.41, 5.74) is 3.04. The lowest BCUT2D eigenvalue weighted by Crippen LogP contribution is -3.00. The highest BCUT2D eigenvalue weighted by atomic mass is 35.5. The number of nitrogens with zero attached hydrogens (tertiary/aromatic N) is 3. The van der Waals surface area contributed by atoms with Gasteiger partial charge in [-0.2, -0.15) is 0 Å². The first kappa shape index (κ1) is 13.7. The van der Waals surface area contributed by atoms with Gasteiger partial charge in [-0.1, -0.05) is 0 Å². The number of hydrogen-bond donors (Lipinski definition) is 0. The van der Waals surface area contributed by atoms with Crippen molar-refractivity contribution >= 4 is 11.2 Å². The Morgan fingerprint density at radius 3 is 2.81 bits per heavy atom. The third-order valence-electron chi connectivity index (χ3n) is 3.45. The molecule has 4 rings (SSSR count). The van der Waals surface area contributed by atoms with E-state index in [0.29, 0.717) is 13.2 Å². The van der Waals surface area contributed by atoms with E-state index >= 15 is 0 Å². The maximum absolute atomic E-state index is 5.64. The van der Waals surface area contributed by atoms with Crippen LogP contribution < -0.4 is 26.4 Å². The molecule has 1 aliphatic heterocycles. The summed E-state index contributed by atoms with van der Waals surface area (Å²) in [6.07, 6.45) is 3.82. The first-order valence-corrected chi connectivity index (χ1v) is 6.55. The van der Waals surface area contributed by atoms with Gasteiger partial charge >= 0.3 is 5.65 Å².